The first kappa shape index (κ1) is 10.7. The molecular weight excluding hydrogens is 273 g/mol. The van der Waals surface area contributed by atoms with Crippen LogP contribution >= 0.6 is 27.5 Å². The Kier molecular flexibility index (Phi) is 3.08. The summed E-state index contributed by atoms with van der Waals surface area (Å²) in [6.07, 6.45) is 2.57. The van der Waals surface area contributed by atoms with Crippen LogP contribution in [0.3, 0.4) is 0 Å². The monoisotopic (exact) mass is 281 g/mol. The molecule has 0 bridgehead atoms. The summed E-state index contributed by atoms with van der Waals surface area (Å²) in [4.78, 5) is 4.34. The number of benzene rings is 1. The summed E-state index contributed by atoms with van der Waals surface area (Å²) in [7, 11) is 0. The summed E-state index contributed by atoms with van der Waals surface area (Å²) in [6.45, 7) is 3.70. The number of hydrogen-bond acceptors (Lipinski definition) is 1. The van der Waals surface area contributed by atoms with Gasteiger partial charge in [0.1, 0.15) is 5.15 Å². The van der Waals surface area contributed by atoms with Crippen LogP contribution in [0.15, 0.2) is 41.4 Å². The highest BCUT2D eigenvalue weighted by atomic mass is 79.9. The Morgan fingerprint density at radius 2 is 2.20 bits per heavy atom. The van der Waals surface area contributed by atoms with Crippen LogP contribution in [0.4, 0.5) is 0 Å². The minimum absolute atomic E-state index is 0.556. The van der Waals surface area contributed by atoms with Gasteiger partial charge in [-0.05, 0) is 30.2 Å². The molecule has 0 aliphatic rings. The van der Waals surface area contributed by atoms with E-state index in [2.05, 4.69) is 33.6 Å². The highest BCUT2D eigenvalue weighted by Crippen LogP contribution is 2.23. The van der Waals surface area contributed by atoms with Gasteiger partial charge in [-0.2, -0.15) is 0 Å². The number of pyridine rings is 1. The molecule has 1 aromatic carbocycles. The van der Waals surface area contributed by atoms with Crippen molar-refractivity contribution in [3.8, 4) is 0 Å². The average molecular weight is 283 g/mol. The lowest BCUT2D eigenvalue weighted by atomic mass is 10.1. The largest absolute Gasteiger partial charge is 0.236 e. The van der Waals surface area contributed by atoms with Crippen molar-refractivity contribution in [1.82, 2.24) is 4.98 Å². The van der Waals surface area contributed by atoms with Crippen molar-refractivity contribution in [3.05, 3.63) is 52.1 Å². The van der Waals surface area contributed by atoms with E-state index in [-0.39, 0.29) is 0 Å². The van der Waals surface area contributed by atoms with E-state index in [0.29, 0.717) is 5.15 Å². The molecule has 0 aliphatic carbocycles. The zero-order chi connectivity index (χ0) is 10.8. The standard InChI is InChI=1S/C12H9BrClN/c1-2-3-9-6-8-4-5-10(13)7-11(8)15-12(9)14/h2,4-7H,1,3H2. The minimum atomic E-state index is 0.556. The molecule has 0 fully saturated rings. The van der Waals surface area contributed by atoms with E-state index in [9.17, 15) is 0 Å². The van der Waals surface area contributed by atoms with Crippen molar-refractivity contribution < 1.29 is 0 Å². The molecule has 2 aromatic rings. The fourth-order valence-corrected chi connectivity index (χ4v) is 2.03. The molecule has 0 saturated carbocycles. The van der Waals surface area contributed by atoms with Crippen molar-refractivity contribution in [2.24, 2.45) is 0 Å². The van der Waals surface area contributed by atoms with Gasteiger partial charge in [-0.1, -0.05) is 39.7 Å². The van der Waals surface area contributed by atoms with Crippen LogP contribution in [0, 0.1) is 0 Å². The summed E-state index contributed by atoms with van der Waals surface area (Å²) in [5.74, 6) is 0. The highest BCUT2D eigenvalue weighted by Gasteiger charge is 2.03. The summed E-state index contributed by atoms with van der Waals surface area (Å²) in [5.41, 5.74) is 1.92. The first-order valence-electron chi connectivity index (χ1n) is 4.56. The molecule has 0 N–H and O–H groups in total. The Morgan fingerprint density at radius 1 is 1.40 bits per heavy atom. The molecule has 3 heteroatoms. The molecule has 15 heavy (non-hydrogen) atoms. The van der Waals surface area contributed by atoms with Crippen molar-refractivity contribution >= 4 is 38.4 Å². The van der Waals surface area contributed by atoms with Crippen molar-refractivity contribution in [1.29, 1.82) is 0 Å². The summed E-state index contributed by atoms with van der Waals surface area (Å²) in [5, 5.41) is 1.65. The quantitative estimate of drug-likeness (QED) is 0.588. The lowest BCUT2D eigenvalue weighted by Gasteiger charge is -2.04. The van der Waals surface area contributed by atoms with E-state index in [1.165, 1.54) is 0 Å². The predicted octanol–water partition coefficient (Wildman–Crippen LogP) is 4.38. The van der Waals surface area contributed by atoms with Crippen LogP contribution in [-0.4, -0.2) is 4.98 Å². The number of fused-ring (bicyclic) bond motifs is 1. The van der Waals surface area contributed by atoms with Gasteiger partial charge in [0.2, 0.25) is 0 Å². The Hall–Kier alpha value is -0.860. The van der Waals surface area contributed by atoms with Crippen molar-refractivity contribution in [2.75, 3.05) is 0 Å². The summed E-state index contributed by atoms with van der Waals surface area (Å²) >= 11 is 9.47. The van der Waals surface area contributed by atoms with Gasteiger partial charge in [0, 0.05) is 9.86 Å². The third-order valence-electron chi connectivity index (χ3n) is 2.17. The molecule has 76 valence electrons. The maximum atomic E-state index is 6.06. The highest BCUT2D eigenvalue weighted by molar-refractivity contribution is 9.10. The Morgan fingerprint density at radius 3 is 2.93 bits per heavy atom. The normalized spacial score (nSPS) is 10.5. The Labute approximate surface area is 102 Å². The van der Waals surface area contributed by atoms with Crippen LogP contribution in [0.1, 0.15) is 5.56 Å². The maximum absolute atomic E-state index is 6.06. The molecule has 1 heterocycles. The van der Waals surface area contributed by atoms with Gasteiger partial charge >= 0.3 is 0 Å². The number of aromatic nitrogens is 1. The molecule has 0 amide bonds. The van der Waals surface area contributed by atoms with E-state index in [1.54, 1.807) is 0 Å². The van der Waals surface area contributed by atoms with Crippen LogP contribution < -0.4 is 0 Å². The van der Waals surface area contributed by atoms with E-state index in [4.69, 9.17) is 11.6 Å². The third-order valence-corrected chi connectivity index (χ3v) is 2.99. The van der Waals surface area contributed by atoms with Gasteiger partial charge in [0.15, 0.2) is 0 Å². The number of allylic oxidation sites excluding steroid dienone is 1. The molecule has 1 aromatic heterocycles. The van der Waals surface area contributed by atoms with Crippen molar-refractivity contribution in [2.45, 2.75) is 6.42 Å². The second-order valence-corrected chi connectivity index (χ2v) is 4.54. The van der Waals surface area contributed by atoms with E-state index >= 15 is 0 Å². The fraction of sp³-hybridized carbons (Fsp3) is 0.0833. The molecule has 2 rings (SSSR count). The number of hydrogen-bond donors (Lipinski definition) is 0. The van der Waals surface area contributed by atoms with Gasteiger partial charge in [-0.3, -0.25) is 0 Å². The second kappa shape index (κ2) is 4.33. The minimum Gasteiger partial charge on any atom is -0.236 e. The van der Waals surface area contributed by atoms with Gasteiger partial charge in [-0.25, -0.2) is 4.98 Å². The molecule has 0 unspecified atom stereocenters. The molecule has 0 radical (unpaired) electrons. The first-order chi connectivity index (χ1) is 7.20. The van der Waals surface area contributed by atoms with Gasteiger partial charge in [0.25, 0.3) is 0 Å². The second-order valence-electron chi connectivity index (χ2n) is 3.27. The number of nitrogens with zero attached hydrogens (tertiary/aromatic N) is 1. The number of halogens is 2. The van der Waals surface area contributed by atoms with Crippen LogP contribution in [0.2, 0.25) is 5.15 Å². The average Bonchev–Trinajstić information content (AvgIpc) is 2.20. The Balaban J connectivity index is 2.64. The SMILES string of the molecule is C=CCc1cc2ccc(Br)cc2nc1Cl. The molecule has 0 saturated heterocycles. The smallest absolute Gasteiger partial charge is 0.133 e. The topological polar surface area (TPSA) is 12.9 Å². The van der Waals surface area contributed by atoms with E-state index in [0.717, 1.165) is 27.4 Å². The molecule has 0 atom stereocenters. The summed E-state index contributed by atoms with van der Waals surface area (Å²) < 4.78 is 1.01. The first-order valence-corrected chi connectivity index (χ1v) is 5.73. The van der Waals surface area contributed by atoms with Gasteiger partial charge in [0.05, 0.1) is 5.52 Å². The van der Waals surface area contributed by atoms with Crippen LogP contribution in [0.25, 0.3) is 10.9 Å². The van der Waals surface area contributed by atoms with E-state index < -0.39 is 0 Å². The zero-order valence-electron chi connectivity index (χ0n) is 8.00. The van der Waals surface area contributed by atoms with Crippen LogP contribution in [0.5, 0.6) is 0 Å². The third kappa shape index (κ3) is 2.21. The predicted molar refractivity (Wildman–Crippen MR) is 68.4 cm³/mol. The lowest BCUT2D eigenvalue weighted by Crippen LogP contribution is -1.88. The molecule has 0 spiro atoms. The summed E-state index contributed by atoms with van der Waals surface area (Å²) in [6, 6.07) is 8.03. The van der Waals surface area contributed by atoms with Crippen molar-refractivity contribution in [3.63, 3.8) is 0 Å². The zero-order valence-corrected chi connectivity index (χ0v) is 10.3. The lowest BCUT2D eigenvalue weighted by molar-refractivity contribution is 1.23. The molecule has 0 aliphatic heterocycles. The maximum Gasteiger partial charge on any atom is 0.133 e. The van der Waals surface area contributed by atoms with E-state index in [1.807, 2.05) is 24.3 Å². The fourth-order valence-electron chi connectivity index (χ4n) is 1.46. The molecule has 1 nitrogen and oxygen atoms in total. The van der Waals surface area contributed by atoms with Crippen LogP contribution in [-0.2, 0) is 6.42 Å². The van der Waals surface area contributed by atoms with Gasteiger partial charge in [-0.15, -0.1) is 6.58 Å². The Bertz CT molecular complexity index is 522. The van der Waals surface area contributed by atoms with Gasteiger partial charge < -0.3 is 0 Å². The number of rotatable bonds is 2. The molecular formula is C12H9BrClN.